The van der Waals surface area contributed by atoms with Gasteiger partial charge in [-0.15, -0.1) is 11.3 Å². The molecule has 2 atom stereocenters. The van der Waals surface area contributed by atoms with E-state index in [4.69, 9.17) is 9.47 Å². The van der Waals surface area contributed by atoms with Crippen molar-refractivity contribution in [3.8, 4) is 0 Å². The first-order valence-corrected chi connectivity index (χ1v) is 11.2. The quantitative estimate of drug-likeness (QED) is 0.759. The van der Waals surface area contributed by atoms with Crippen LogP contribution in [0.5, 0.6) is 0 Å². The Kier molecular flexibility index (Phi) is 5.99. The van der Waals surface area contributed by atoms with Gasteiger partial charge in [0.15, 0.2) is 5.78 Å². The first-order chi connectivity index (χ1) is 14.0. The van der Waals surface area contributed by atoms with E-state index < -0.39 is 5.92 Å². The first-order valence-electron chi connectivity index (χ1n) is 10.4. The molecule has 29 heavy (non-hydrogen) atoms. The molecule has 0 spiro atoms. The van der Waals surface area contributed by atoms with Crippen molar-refractivity contribution in [2.24, 2.45) is 10.9 Å². The normalized spacial score (nSPS) is 25.6. The van der Waals surface area contributed by atoms with Gasteiger partial charge in [0.25, 0.3) is 0 Å². The Morgan fingerprint density at radius 3 is 2.79 bits per heavy atom. The number of esters is 1. The van der Waals surface area contributed by atoms with Gasteiger partial charge in [0, 0.05) is 44.6 Å². The highest BCUT2D eigenvalue weighted by molar-refractivity contribution is 7.12. The van der Waals surface area contributed by atoms with Gasteiger partial charge in [0.2, 0.25) is 0 Å². The van der Waals surface area contributed by atoms with Crippen molar-refractivity contribution in [2.45, 2.75) is 45.6 Å². The molecule has 7 heteroatoms. The van der Waals surface area contributed by atoms with Crippen molar-refractivity contribution in [3.63, 3.8) is 0 Å². The predicted molar refractivity (Wildman–Crippen MR) is 112 cm³/mol. The molecule has 1 saturated heterocycles. The van der Waals surface area contributed by atoms with Gasteiger partial charge in [-0.2, -0.15) is 0 Å². The predicted octanol–water partition coefficient (Wildman–Crippen LogP) is 1.83. The SMILES string of the molecule is COC(=O)[C@@H]1C(C)=NC2=C(C(=O)CCC2)[C@H]1c1cc(C[NH+]2CCOCC2)c(C)s1. The van der Waals surface area contributed by atoms with Crippen LogP contribution in [0.2, 0.25) is 0 Å². The minimum Gasteiger partial charge on any atom is -0.468 e. The minimum atomic E-state index is -0.526. The van der Waals surface area contributed by atoms with Crippen LogP contribution in [-0.2, 0) is 25.6 Å². The fourth-order valence-electron chi connectivity index (χ4n) is 4.73. The molecule has 1 aromatic rings. The van der Waals surface area contributed by atoms with Crippen molar-refractivity contribution in [1.29, 1.82) is 0 Å². The second-order valence-electron chi connectivity index (χ2n) is 8.14. The molecule has 1 N–H and O–H groups in total. The number of carbonyl (C=O) groups excluding carboxylic acids is 2. The first kappa shape index (κ1) is 20.4. The van der Waals surface area contributed by atoms with E-state index in [1.54, 1.807) is 11.3 Å². The topological polar surface area (TPSA) is 69.4 Å². The Bertz CT molecular complexity index is 879. The molecule has 0 radical (unpaired) electrons. The number of ether oxygens (including phenoxy) is 2. The maximum Gasteiger partial charge on any atom is 0.315 e. The molecule has 0 aromatic carbocycles. The van der Waals surface area contributed by atoms with Gasteiger partial charge in [-0.3, -0.25) is 14.6 Å². The number of hydrogen-bond donors (Lipinski definition) is 1. The molecule has 1 aliphatic carbocycles. The third kappa shape index (κ3) is 3.96. The Hall–Kier alpha value is -1.83. The number of methoxy groups -OCH3 is 1. The van der Waals surface area contributed by atoms with E-state index in [9.17, 15) is 9.59 Å². The van der Waals surface area contributed by atoms with Gasteiger partial charge in [-0.25, -0.2) is 0 Å². The number of nitrogens with one attached hydrogen (secondary N) is 1. The van der Waals surface area contributed by atoms with Gasteiger partial charge in [0.05, 0.1) is 20.3 Å². The lowest BCUT2D eigenvalue weighted by Crippen LogP contribution is -3.12. The van der Waals surface area contributed by atoms with Gasteiger partial charge >= 0.3 is 5.97 Å². The average molecular weight is 418 g/mol. The van der Waals surface area contributed by atoms with Crippen molar-refractivity contribution in [3.05, 3.63) is 32.7 Å². The van der Waals surface area contributed by atoms with Crippen LogP contribution >= 0.6 is 11.3 Å². The maximum absolute atomic E-state index is 12.9. The van der Waals surface area contributed by atoms with Gasteiger partial charge < -0.3 is 14.4 Å². The van der Waals surface area contributed by atoms with E-state index in [0.717, 1.165) is 67.5 Å². The Morgan fingerprint density at radius 1 is 1.31 bits per heavy atom. The summed E-state index contributed by atoms with van der Waals surface area (Å²) in [5.74, 6) is -0.984. The number of rotatable bonds is 4. The largest absolute Gasteiger partial charge is 0.468 e. The third-order valence-electron chi connectivity index (χ3n) is 6.28. The van der Waals surface area contributed by atoms with E-state index >= 15 is 0 Å². The molecule has 6 nitrogen and oxygen atoms in total. The molecule has 3 aliphatic rings. The van der Waals surface area contributed by atoms with E-state index in [1.165, 1.54) is 22.5 Å². The average Bonchev–Trinajstić information content (AvgIpc) is 3.07. The number of nitrogens with zero attached hydrogens (tertiary/aromatic N) is 1. The number of aliphatic imine (C=N–C) groups is 1. The number of carbonyl (C=O) groups is 2. The lowest BCUT2D eigenvalue weighted by molar-refractivity contribution is -0.921. The highest BCUT2D eigenvalue weighted by Gasteiger charge is 2.43. The van der Waals surface area contributed by atoms with Crippen molar-refractivity contribution < 1.29 is 24.0 Å². The molecule has 1 aromatic heterocycles. The Morgan fingerprint density at radius 2 is 2.07 bits per heavy atom. The molecule has 0 bridgehead atoms. The number of Topliss-reactive ketones (excluding diaryl/α,β-unsaturated/α-hetero) is 1. The summed E-state index contributed by atoms with van der Waals surface area (Å²) < 4.78 is 10.6. The zero-order valence-corrected chi connectivity index (χ0v) is 18.2. The molecule has 1 fully saturated rings. The summed E-state index contributed by atoms with van der Waals surface area (Å²) in [6, 6.07) is 2.22. The van der Waals surface area contributed by atoms with Gasteiger partial charge in [-0.05, 0) is 32.8 Å². The van der Waals surface area contributed by atoms with Crippen molar-refractivity contribution in [2.75, 3.05) is 33.4 Å². The van der Waals surface area contributed by atoms with Crippen LogP contribution in [-0.4, -0.2) is 50.9 Å². The second-order valence-corrected chi connectivity index (χ2v) is 9.43. The molecule has 4 rings (SSSR count). The van der Waals surface area contributed by atoms with Crippen LogP contribution in [0.25, 0.3) is 0 Å². The smallest absolute Gasteiger partial charge is 0.315 e. The highest BCUT2D eigenvalue weighted by atomic mass is 32.1. The van der Waals surface area contributed by atoms with E-state index in [-0.39, 0.29) is 17.7 Å². The highest BCUT2D eigenvalue weighted by Crippen LogP contribution is 2.46. The molecular weight excluding hydrogens is 388 g/mol. The van der Waals surface area contributed by atoms with E-state index in [1.807, 2.05) is 6.92 Å². The Balaban J connectivity index is 1.72. The van der Waals surface area contributed by atoms with Crippen LogP contribution in [0.3, 0.4) is 0 Å². The third-order valence-corrected chi connectivity index (χ3v) is 7.45. The summed E-state index contributed by atoms with van der Waals surface area (Å²) in [7, 11) is 1.41. The summed E-state index contributed by atoms with van der Waals surface area (Å²) in [4.78, 5) is 34.1. The second kappa shape index (κ2) is 8.50. The minimum absolute atomic E-state index is 0.132. The van der Waals surface area contributed by atoms with Crippen LogP contribution < -0.4 is 4.90 Å². The lowest BCUT2D eigenvalue weighted by Gasteiger charge is -2.33. The van der Waals surface area contributed by atoms with E-state index in [2.05, 4.69) is 18.0 Å². The number of thiophene rings is 1. The number of hydrogen-bond acceptors (Lipinski definition) is 6. The fourth-order valence-corrected chi connectivity index (χ4v) is 5.92. The summed E-state index contributed by atoms with van der Waals surface area (Å²) in [5.41, 5.74) is 3.66. The standard InChI is InChI=1S/C22H28N2O4S/c1-13-19(22(26)27-3)21(20-16(23-13)5-4-6-17(20)25)18-11-15(14(2)29-18)12-24-7-9-28-10-8-24/h11,19,21H,4-10,12H2,1-3H3/p+1/t19-,21+/m1/s1. The summed E-state index contributed by atoms with van der Waals surface area (Å²) in [5, 5.41) is 0. The van der Waals surface area contributed by atoms with Crippen LogP contribution in [0.1, 0.15) is 47.4 Å². The van der Waals surface area contributed by atoms with Crippen molar-refractivity contribution >= 4 is 28.8 Å². The Labute approximate surface area is 175 Å². The molecular formula is C22H29N2O4S+. The molecule has 3 heterocycles. The molecule has 0 amide bonds. The van der Waals surface area contributed by atoms with Crippen LogP contribution in [0.4, 0.5) is 0 Å². The van der Waals surface area contributed by atoms with Crippen LogP contribution in [0, 0.1) is 12.8 Å². The van der Waals surface area contributed by atoms with E-state index in [0.29, 0.717) is 6.42 Å². The monoisotopic (exact) mass is 417 g/mol. The molecule has 0 unspecified atom stereocenters. The van der Waals surface area contributed by atoms with Crippen molar-refractivity contribution in [1.82, 2.24) is 0 Å². The van der Waals surface area contributed by atoms with Gasteiger partial charge in [0.1, 0.15) is 25.6 Å². The number of ketones is 1. The molecule has 2 aliphatic heterocycles. The fraction of sp³-hybridized carbons (Fsp3) is 0.591. The number of aryl methyl sites for hydroxylation is 1. The van der Waals surface area contributed by atoms with Gasteiger partial charge in [-0.1, -0.05) is 0 Å². The molecule has 0 saturated carbocycles. The maximum atomic E-state index is 12.9. The number of quaternary nitrogens is 1. The summed E-state index contributed by atoms with van der Waals surface area (Å²) in [6.07, 6.45) is 2.17. The summed E-state index contributed by atoms with van der Waals surface area (Å²) >= 11 is 1.71. The number of morpholine rings is 1. The lowest BCUT2D eigenvalue weighted by atomic mass is 9.74. The van der Waals surface area contributed by atoms with Crippen LogP contribution in [0.15, 0.2) is 22.3 Å². The zero-order chi connectivity index (χ0) is 20.5. The summed E-state index contributed by atoms with van der Waals surface area (Å²) in [6.45, 7) is 8.61. The number of allylic oxidation sites excluding steroid dienone is 2. The zero-order valence-electron chi connectivity index (χ0n) is 17.4. The molecule has 156 valence electrons.